The second-order valence-corrected chi connectivity index (χ2v) is 3.59. The van der Waals surface area contributed by atoms with E-state index in [4.69, 9.17) is 5.84 Å². The Hall–Kier alpha value is -1.27. The zero-order valence-electron chi connectivity index (χ0n) is 7.00. The van der Waals surface area contributed by atoms with Crippen molar-refractivity contribution < 1.29 is 8.78 Å². The SMILES string of the molecule is NNc1cc(C(F)F)nc2ccsc12. The van der Waals surface area contributed by atoms with Gasteiger partial charge in [-0.15, -0.1) is 11.3 Å². The maximum absolute atomic E-state index is 12.4. The van der Waals surface area contributed by atoms with Gasteiger partial charge in [0, 0.05) is 0 Å². The fourth-order valence-electron chi connectivity index (χ4n) is 1.20. The lowest BCUT2D eigenvalue weighted by Crippen LogP contribution is -2.07. The number of nitrogen functional groups attached to an aromatic ring is 1. The van der Waals surface area contributed by atoms with E-state index in [0.29, 0.717) is 11.2 Å². The van der Waals surface area contributed by atoms with E-state index in [1.807, 2.05) is 0 Å². The van der Waals surface area contributed by atoms with Crippen molar-refractivity contribution in [2.45, 2.75) is 6.43 Å². The summed E-state index contributed by atoms with van der Waals surface area (Å²) in [7, 11) is 0. The first-order valence-electron chi connectivity index (χ1n) is 3.85. The van der Waals surface area contributed by atoms with Crippen LogP contribution in [0.15, 0.2) is 17.5 Å². The summed E-state index contributed by atoms with van der Waals surface area (Å²) < 4.78 is 25.6. The summed E-state index contributed by atoms with van der Waals surface area (Å²) in [5.41, 5.74) is 3.16. The fraction of sp³-hybridized carbons (Fsp3) is 0.125. The fourth-order valence-corrected chi connectivity index (χ4v) is 2.01. The minimum Gasteiger partial charge on any atom is -0.323 e. The molecule has 0 fully saturated rings. The van der Waals surface area contributed by atoms with Gasteiger partial charge in [-0.05, 0) is 17.5 Å². The number of halogens is 2. The van der Waals surface area contributed by atoms with E-state index in [-0.39, 0.29) is 5.69 Å². The van der Waals surface area contributed by atoms with Gasteiger partial charge in [0.25, 0.3) is 6.43 Å². The molecule has 0 saturated heterocycles. The van der Waals surface area contributed by atoms with E-state index in [9.17, 15) is 8.78 Å². The summed E-state index contributed by atoms with van der Waals surface area (Å²) in [4.78, 5) is 3.81. The van der Waals surface area contributed by atoms with Gasteiger partial charge in [0.1, 0.15) is 5.69 Å². The number of nitrogens with zero attached hydrogens (tertiary/aromatic N) is 1. The molecule has 0 bridgehead atoms. The molecule has 0 aliphatic carbocycles. The number of aromatic nitrogens is 1. The minimum absolute atomic E-state index is 0.260. The largest absolute Gasteiger partial charge is 0.323 e. The molecular formula is C8H7F2N3S. The first kappa shape index (κ1) is 9.29. The number of anilines is 1. The number of nitrogens with one attached hydrogen (secondary N) is 1. The first-order chi connectivity index (χ1) is 6.72. The Morgan fingerprint density at radius 2 is 2.29 bits per heavy atom. The molecule has 2 heterocycles. The molecule has 14 heavy (non-hydrogen) atoms. The van der Waals surface area contributed by atoms with Crippen LogP contribution in [-0.2, 0) is 0 Å². The molecule has 0 aliphatic rings. The number of thiophene rings is 1. The van der Waals surface area contributed by atoms with Crippen molar-refractivity contribution >= 4 is 27.2 Å². The van der Waals surface area contributed by atoms with Crippen LogP contribution in [0.1, 0.15) is 12.1 Å². The highest BCUT2D eigenvalue weighted by molar-refractivity contribution is 7.17. The van der Waals surface area contributed by atoms with E-state index < -0.39 is 6.43 Å². The number of hydrogen-bond acceptors (Lipinski definition) is 4. The maximum Gasteiger partial charge on any atom is 0.280 e. The molecule has 6 heteroatoms. The Labute approximate surface area is 82.5 Å². The van der Waals surface area contributed by atoms with Gasteiger partial charge in [-0.1, -0.05) is 0 Å². The zero-order valence-corrected chi connectivity index (χ0v) is 7.81. The Kier molecular flexibility index (Phi) is 2.30. The standard InChI is InChI=1S/C8H7F2N3S/c9-8(10)6-3-5(13-11)7-4(12-6)1-2-14-7/h1-3,8H,11H2,(H,12,13). The zero-order chi connectivity index (χ0) is 10.1. The van der Waals surface area contributed by atoms with Crippen LogP contribution in [-0.4, -0.2) is 4.98 Å². The number of rotatable bonds is 2. The molecule has 0 spiro atoms. The van der Waals surface area contributed by atoms with Crippen molar-refractivity contribution in [2.75, 3.05) is 5.43 Å². The van der Waals surface area contributed by atoms with Crippen molar-refractivity contribution in [3.8, 4) is 0 Å². The Morgan fingerprint density at radius 1 is 1.50 bits per heavy atom. The van der Waals surface area contributed by atoms with Crippen molar-refractivity contribution in [3.63, 3.8) is 0 Å². The lowest BCUT2D eigenvalue weighted by Gasteiger charge is -2.04. The molecule has 74 valence electrons. The van der Waals surface area contributed by atoms with Crippen molar-refractivity contribution in [2.24, 2.45) is 5.84 Å². The van der Waals surface area contributed by atoms with Gasteiger partial charge in [-0.2, -0.15) is 0 Å². The summed E-state index contributed by atoms with van der Waals surface area (Å²) in [5, 5.41) is 1.79. The van der Waals surface area contributed by atoms with E-state index in [0.717, 1.165) is 4.70 Å². The van der Waals surface area contributed by atoms with Crippen LogP contribution in [0.3, 0.4) is 0 Å². The average Bonchev–Trinajstić information content (AvgIpc) is 2.63. The molecule has 0 aliphatic heterocycles. The quantitative estimate of drug-likeness (QED) is 0.597. The smallest absolute Gasteiger partial charge is 0.280 e. The highest BCUT2D eigenvalue weighted by Crippen LogP contribution is 2.30. The minimum atomic E-state index is -2.58. The molecule has 0 aromatic carbocycles. The number of hydrogen-bond donors (Lipinski definition) is 2. The topological polar surface area (TPSA) is 50.9 Å². The van der Waals surface area contributed by atoms with Gasteiger partial charge in [0.05, 0.1) is 15.9 Å². The van der Waals surface area contributed by atoms with Crippen LogP contribution in [0.25, 0.3) is 10.2 Å². The summed E-state index contributed by atoms with van der Waals surface area (Å²) in [6.45, 7) is 0. The third kappa shape index (κ3) is 1.42. The van der Waals surface area contributed by atoms with Gasteiger partial charge < -0.3 is 5.43 Å². The number of fused-ring (bicyclic) bond motifs is 1. The molecule has 0 atom stereocenters. The number of alkyl halides is 2. The van der Waals surface area contributed by atoms with E-state index >= 15 is 0 Å². The second kappa shape index (κ2) is 3.47. The van der Waals surface area contributed by atoms with Crippen LogP contribution >= 0.6 is 11.3 Å². The molecule has 2 aromatic rings. The Morgan fingerprint density at radius 3 is 2.93 bits per heavy atom. The molecular weight excluding hydrogens is 208 g/mol. The van der Waals surface area contributed by atoms with Gasteiger partial charge in [0.15, 0.2) is 0 Å². The normalized spacial score (nSPS) is 11.1. The molecule has 0 saturated carbocycles. The third-order valence-corrected chi connectivity index (χ3v) is 2.75. The molecule has 2 aromatic heterocycles. The van der Waals surface area contributed by atoms with Crippen molar-refractivity contribution in [1.82, 2.24) is 4.98 Å². The van der Waals surface area contributed by atoms with Crippen LogP contribution in [0.4, 0.5) is 14.5 Å². The molecule has 0 amide bonds. The number of pyridine rings is 1. The highest BCUT2D eigenvalue weighted by Gasteiger charge is 2.13. The Balaban J connectivity index is 2.67. The number of hydrazine groups is 1. The predicted octanol–water partition coefficient (Wildman–Crippen LogP) is 2.52. The maximum atomic E-state index is 12.4. The van der Waals surface area contributed by atoms with E-state index in [1.54, 1.807) is 11.4 Å². The summed E-state index contributed by atoms with van der Waals surface area (Å²) >= 11 is 1.41. The van der Waals surface area contributed by atoms with E-state index in [1.165, 1.54) is 17.4 Å². The van der Waals surface area contributed by atoms with Gasteiger partial charge in [-0.3, -0.25) is 5.84 Å². The second-order valence-electron chi connectivity index (χ2n) is 2.67. The highest BCUT2D eigenvalue weighted by atomic mass is 32.1. The van der Waals surface area contributed by atoms with Gasteiger partial charge in [-0.25, -0.2) is 13.8 Å². The lowest BCUT2D eigenvalue weighted by atomic mass is 10.3. The summed E-state index contributed by atoms with van der Waals surface area (Å²) in [6, 6.07) is 2.95. The monoisotopic (exact) mass is 215 g/mol. The van der Waals surface area contributed by atoms with Crippen LogP contribution in [0.2, 0.25) is 0 Å². The van der Waals surface area contributed by atoms with Gasteiger partial charge in [0.2, 0.25) is 0 Å². The molecule has 3 nitrogen and oxygen atoms in total. The number of nitrogens with two attached hydrogens (primary N) is 1. The molecule has 3 N–H and O–H groups in total. The van der Waals surface area contributed by atoms with Gasteiger partial charge >= 0.3 is 0 Å². The summed E-state index contributed by atoms with van der Waals surface area (Å²) in [5.74, 6) is 5.23. The predicted molar refractivity (Wildman–Crippen MR) is 52.4 cm³/mol. The summed E-state index contributed by atoms with van der Waals surface area (Å²) in [6.07, 6.45) is -2.58. The third-order valence-electron chi connectivity index (χ3n) is 1.81. The first-order valence-corrected chi connectivity index (χ1v) is 4.73. The van der Waals surface area contributed by atoms with Crippen molar-refractivity contribution in [3.05, 3.63) is 23.2 Å². The van der Waals surface area contributed by atoms with E-state index in [2.05, 4.69) is 10.4 Å². The molecule has 0 unspecified atom stereocenters. The molecule has 2 rings (SSSR count). The van der Waals surface area contributed by atoms with Crippen LogP contribution < -0.4 is 11.3 Å². The van der Waals surface area contributed by atoms with Crippen LogP contribution in [0.5, 0.6) is 0 Å². The average molecular weight is 215 g/mol. The molecule has 0 radical (unpaired) electrons. The Bertz CT molecular complexity index is 455. The lowest BCUT2D eigenvalue weighted by molar-refractivity contribution is 0.146. The van der Waals surface area contributed by atoms with Crippen molar-refractivity contribution in [1.29, 1.82) is 0 Å². The van der Waals surface area contributed by atoms with Crippen LogP contribution in [0, 0.1) is 0 Å².